The first-order chi connectivity index (χ1) is 11.5. The molecule has 24 heavy (non-hydrogen) atoms. The van der Waals surface area contributed by atoms with Gasteiger partial charge < -0.3 is 10.4 Å². The molecule has 1 aliphatic rings. The number of nitrogens with one attached hydrogen (secondary N) is 1. The average Bonchev–Trinajstić information content (AvgIpc) is 2.57. The van der Waals surface area contributed by atoms with E-state index in [2.05, 4.69) is 15.5 Å². The van der Waals surface area contributed by atoms with E-state index in [9.17, 15) is 18.4 Å². The first-order valence-corrected chi connectivity index (χ1v) is 7.25. The smallest absolute Gasteiger partial charge is 0.187 e. The van der Waals surface area contributed by atoms with Gasteiger partial charge in [0.05, 0.1) is 29.6 Å². The van der Waals surface area contributed by atoms with Crippen molar-refractivity contribution < 1.29 is 23.5 Å². The largest absolute Gasteiger partial charge is 0.503 e. The Hall–Kier alpha value is -2.74. The Balaban J connectivity index is 1.66. The normalized spacial score (nSPS) is 17.0. The van der Waals surface area contributed by atoms with Gasteiger partial charge in [-0.2, -0.15) is 10.2 Å². The number of rotatable bonds is 4. The zero-order chi connectivity index (χ0) is 17.3. The van der Waals surface area contributed by atoms with Gasteiger partial charge in [-0.1, -0.05) is 0 Å². The second kappa shape index (κ2) is 6.40. The van der Waals surface area contributed by atoms with Crippen molar-refractivity contribution in [1.82, 2.24) is 15.5 Å². The lowest BCUT2D eigenvalue weighted by atomic mass is 9.88. The van der Waals surface area contributed by atoms with Crippen LogP contribution in [0, 0.1) is 11.6 Å². The maximum Gasteiger partial charge on any atom is 0.187 e. The van der Waals surface area contributed by atoms with E-state index in [1.54, 1.807) is 0 Å². The van der Waals surface area contributed by atoms with Crippen LogP contribution < -0.4 is 5.32 Å². The van der Waals surface area contributed by atoms with Crippen LogP contribution in [0.2, 0.25) is 0 Å². The predicted molar refractivity (Wildman–Crippen MR) is 78.8 cm³/mol. The average molecular weight is 333 g/mol. The minimum Gasteiger partial charge on any atom is -0.503 e. The number of phenols is 1. The molecule has 1 aliphatic carbocycles. The summed E-state index contributed by atoms with van der Waals surface area (Å²) in [6.45, 7) is 0.237. The van der Waals surface area contributed by atoms with Gasteiger partial charge in [0.25, 0.3) is 0 Å². The van der Waals surface area contributed by atoms with E-state index in [-0.39, 0.29) is 42.1 Å². The highest BCUT2D eigenvalue weighted by atomic mass is 19.1. The summed E-state index contributed by atoms with van der Waals surface area (Å²) >= 11 is 0. The van der Waals surface area contributed by atoms with Crippen molar-refractivity contribution in [2.24, 2.45) is 0 Å². The van der Waals surface area contributed by atoms with Crippen LogP contribution in [0.15, 0.2) is 24.5 Å². The number of Topliss-reactive ketones (excluding diaryl/α,β-unsaturated/α-hetero) is 2. The standard InChI is InChI=1S/C16H13F2N3O3/c17-11-3-8(4-12(18)16(11)24)1-2-19-13-5-14(22)9-6-20-21-7-10(9)15(13)23/h3-4,6-7,13,19,24H,1-2,5H2. The number of hydrogen-bond donors (Lipinski definition) is 2. The molecule has 0 aliphatic heterocycles. The molecule has 0 bridgehead atoms. The van der Waals surface area contributed by atoms with E-state index < -0.39 is 23.4 Å². The van der Waals surface area contributed by atoms with E-state index in [0.717, 1.165) is 12.1 Å². The van der Waals surface area contributed by atoms with Crippen LogP contribution in [-0.4, -0.2) is 39.5 Å². The zero-order valence-electron chi connectivity index (χ0n) is 12.4. The van der Waals surface area contributed by atoms with Crippen LogP contribution in [0.1, 0.15) is 32.7 Å². The lowest BCUT2D eigenvalue weighted by Crippen LogP contribution is -2.43. The Kier molecular flexibility index (Phi) is 4.30. The molecule has 0 radical (unpaired) electrons. The van der Waals surface area contributed by atoms with Crippen molar-refractivity contribution in [2.75, 3.05) is 6.54 Å². The maximum absolute atomic E-state index is 13.3. The summed E-state index contributed by atoms with van der Waals surface area (Å²) in [5, 5.41) is 19.2. The van der Waals surface area contributed by atoms with Gasteiger partial charge in [-0.15, -0.1) is 0 Å². The number of aromatic hydroxyl groups is 1. The SMILES string of the molecule is O=C1CC(NCCc2cc(F)c(O)c(F)c2)C(=O)c2cnncc21. The number of aromatic nitrogens is 2. The van der Waals surface area contributed by atoms with Gasteiger partial charge in [0.15, 0.2) is 29.0 Å². The maximum atomic E-state index is 13.3. The van der Waals surface area contributed by atoms with Crippen LogP contribution in [0.5, 0.6) is 5.75 Å². The van der Waals surface area contributed by atoms with Gasteiger partial charge in [-0.3, -0.25) is 9.59 Å². The minimum atomic E-state index is -1.04. The molecule has 1 aromatic heterocycles. The lowest BCUT2D eigenvalue weighted by molar-refractivity contribution is 0.0848. The van der Waals surface area contributed by atoms with E-state index in [4.69, 9.17) is 5.11 Å². The molecule has 2 aromatic rings. The van der Waals surface area contributed by atoms with Crippen LogP contribution in [0.4, 0.5) is 8.78 Å². The summed E-state index contributed by atoms with van der Waals surface area (Å²) in [5.74, 6) is -3.57. The summed E-state index contributed by atoms with van der Waals surface area (Å²) in [5.41, 5.74) is 0.812. The molecule has 1 unspecified atom stereocenters. The van der Waals surface area contributed by atoms with E-state index in [1.807, 2.05) is 0 Å². The Morgan fingerprint density at radius 2 is 1.75 bits per heavy atom. The highest BCUT2D eigenvalue weighted by molar-refractivity contribution is 6.16. The Morgan fingerprint density at radius 3 is 2.42 bits per heavy atom. The van der Waals surface area contributed by atoms with Crippen LogP contribution in [0.25, 0.3) is 0 Å². The summed E-state index contributed by atoms with van der Waals surface area (Å²) < 4.78 is 26.6. The summed E-state index contributed by atoms with van der Waals surface area (Å²) in [6.07, 6.45) is 2.76. The number of ketones is 2. The third-order valence-electron chi connectivity index (χ3n) is 3.88. The summed E-state index contributed by atoms with van der Waals surface area (Å²) in [6, 6.07) is 1.35. The molecule has 1 atom stereocenters. The molecule has 8 heteroatoms. The molecule has 2 N–H and O–H groups in total. The fourth-order valence-electron chi connectivity index (χ4n) is 2.63. The van der Waals surface area contributed by atoms with Crippen LogP contribution in [-0.2, 0) is 6.42 Å². The molecular weight excluding hydrogens is 320 g/mol. The number of hydrogen-bond acceptors (Lipinski definition) is 6. The number of carbonyl (C=O) groups excluding carboxylic acids is 2. The lowest BCUT2D eigenvalue weighted by Gasteiger charge is -2.22. The highest BCUT2D eigenvalue weighted by Gasteiger charge is 2.32. The number of nitrogens with zero attached hydrogens (tertiary/aromatic N) is 2. The van der Waals surface area contributed by atoms with Crippen molar-refractivity contribution in [3.8, 4) is 5.75 Å². The molecule has 1 heterocycles. The monoisotopic (exact) mass is 333 g/mol. The minimum absolute atomic E-state index is 0.00414. The molecule has 0 spiro atoms. The van der Waals surface area contributed by atoms with E-state index in [0.29, 0.717) is 5.56 Å². The highest BCUT2D eigenvalue weighted by Crippen LogP contribution is 2.22. The van der Waals surface area contributed by atoms with Crippen molar-refractivity contribution >= 4 is 11.6 Å². The van der Waals surface area contributed by atoms with Gasteiger partial charge >= 0.3 is 0 Å². The number of benzene rings is 1. The zero-order valence-corrected chi connectivity index (χ0v) is 12.4. The van der Waals surface area contributed by atoms with Gasteiger partial charge in [-0.25, -0.2) is 8.78 Å². The van der Waals surface area contributed by atoms with Gasteiger partial charge in [-0.05, 0) is 30.7 Å². The molecule has 0 saturated heterocycles. The first-order valence-electron chi connectivity index (χ1n) is 7.25. The molecule has 124 valence electrons. The van der Waals surface area contributed by atoms with Crippen molar-refractivity contribution in [3.63, 3.8) is 0 Å². The number of phenolic OH excluding ortho intramolecular Hbond substituents is 1. The van der Waals surface area contributed by atoms with E-state index in [1.165, 1.54) is 12.4 Å². The molecule has 1 aromatic carbocycles. The van der Waals surface area contributed by atoms with Gasteiger partial charge in [0.1, 0.15) is 0 Å². The Bertz CT molecular complexity index is 803. The third-order valence-corrected chi connectivity index (χ3v) is 3.88. The number of fused-ring (bicyclic) bond motifs is 1. The van der Waals surface area contributed by atoms with Crippen molar-refractivity contribution in [2.45, 2.75) is 18.9 Å². The second-order valence-corrected chi connectivity index (χ2v) is 5.47. The molecule has 0 amide bonds. The Labute approximate surface area is 135 Å². The molecular formula is C16H13F2N3O3. The van der Waals surface area contributed by atoms with Crippen molar-refractivity contribution in [1.29, 1.82) is 0 Å². The Morgan fingerprint density at radius 1 is 1.12 bits per heavy atom. The van der Waals surface area contributed by atoms with Crippen LogP contribution >= 0.6 is 0 Å². The summed E-state index contributed by atoms with van der Waals surface area (Å²) in [4.78, 5) is 24.3. The third kappa shape index (κ3) is 3.00. The van der Waals surface area contributed by atoms with Gasteiger partial charge in [0.2, 0.25) is 0 Å². The van der Waals surface area contributed by atoms with Gasteiger partial charge in [0, 0.05) is 6.42 Å². The molecule has 6 nitrogen and oxygen atoms in total. The molecule has 0 saturated carbocycles. The van der Waals surface area contributed by atoms with E-state index >= 15 is 0 Å². The number of carbonyl (C=O) groups is 2. The fraction of sp³-hybridized carbons (Fsp3) is 0.250. The quantitative estimate of drug-likeness (QED) is 0.879. The summed E-state index contributed by atoms with van der Waals surface area (Å²) in [7, 11) is 0. The predicted octanol–water partition coefficient (Wildman–Crippen LogP) is 1.43. The number of halogens is 2. The first kappa shape index (κ1) is 16.1. The second-order valence-electron chi connectivity index (χ2n) is 5.47. The molecule has 3 rings (SSSR count). The van der Waals surface area contributed by atoms with Crippen molar-refractivity contribution in [3.05, 3.63) is 52.9 Å². The molecule has 0 fully saturated rings. The topological polar surface area (TPSA) is 92.2 Å². The van der Waals surface area contributed by atoms with Crippen LogP contribution in [0.3, 0.4) is 0 Å². The fourth-order valence-corrected chi connectivity index (χ4v) is 2.63.